The van der Waals surface area contributed by atoms with Crippen LogP contribution in [0.15, 0.2) is 48.7 Å². The van der Waals surface area contributed by atoms with E-state index in [2.05, 4.69) is 15.0 Å². The predicted molar refractivity (Wildman–Crippen MR) is 160 cm³/mol. The molecule has 1 atom stereocenters. The van der Waals surface area contributed by atoms with Crippen LogP contribution in [0.3, 0.4) is 0 Å². The lowest BCUT2D eigenvalue weighted by atomic mass is 9.65. The summed E-state index contributed by atoms with van der Waals surface area (Å²) in [5.41, 5.74) is 8.57. The second-order valence-corrected chi connectivity index (χ2v) is 11.9. The van der Waals surface area contributed by atoms with E-state index in [-0.39, 0.29) is 29.0 Å². The van der Waals surface area contributed by atoms with E-state index in [9.17, 15) is 18.4 Å². The molecule has 4 fully saturated rings. The molecule has 8 nitrogen and oxygen atoms in total. The maximum atomic E-state index is 14.1. The molecule has 4 aliphatic rings. The number of likely N-dealkylation sites (tertiary alicyclic amines) is 1. The van der Waals surface area contributed by atoms with Crippen LogP contribution in [0.2, 0.25) is 0 Å². The van der Waals surface area contributed by atoms with Crippen LogP contribution in [0.25, 0.3) is 33.5 Å². The summed E-state index contributed by atoms with van der Waals surface area (Å²) in [5, 5.41) is 9.20. The van der Waals surface area contributed by atoms with Gasteiger partial charge in [-0.3, -0.25) is 9.59 Å². The summed E-state index contributed by atoms with van der Waals surface area (Å²) in [4.78, 5) is 37.0. The summed E-state index contributed by atoms with van der Waals surface area (Å²) >= 11 is 0. The number of nitrogen functional groups attached to an aromatic ring is 1. The van der Waals surface area contributed by atoms with Crippen molar-refractivity contribution in [1.82, 2.24) is 19.9 Å². The van der Waals surface area contributed by atoms with Gasteiger partial charge in [-0.05, 0) is 68.6 Å². The zero-order chi connectivity index (χ0) is 30.1. The highest BCUT2D eigenvalue weighted by Gasteiger charge is 2.39. The molecule has 1 saturated heterocycles. The molecule has 0 spiro atoms. The van der Waals surface area contributed by atoms with Crippen LogP contribution in [0.4, 0.5) is 14.6 Å². The minimum absolute atomic E-state index is 0.00231. The average molecular weight is 588 g/mol. The fourth-order valence-electron chi connectivity index (χ4n) is 6.82. The number of carboxylic acid groups (broad SMARTS) is 1. The molecule has 2 aromatic carbocycles. The number of hydrogen-bond donors (Lipinski definition) is 3. The van der Waals surface area contributed by atoms with Crippen molar-refractivity contribution in [2.45, 2.75) is 51.4 Å². The molecule has 3 heterocycles. The van der Waals surface area contributed by atoms with E-state index in [0.29, 0.717) is 28.1 Å². The Labute approximate surface area is 248 Å². The van der Waals surface area contributed by atoms with Gasteiger partial charge < -0.3 is 20.7 Å². The maximum Gasteiger partial charge on any atom is 0.306 e. The molecule has 224 valence electrons. The summed E-state index contributed by atoms with van der Waals surface area (Å²) in [6.45, 7) is 1.58. The van der Waals surface area contributed by atoms with E-state index < -0.39 is 17.6 Å². The lowest BCUT2D eigenvalue weighted by Gasteiger charge is -2.40. The number of nitrogens with zero attached hydrogens (tertiary/aromatic N) is 3. The maximum absolute atomic E-state index is 14.1. The number of aromatic amines is 1. The molecule has 0 radical (unpaired) electrons. The van der Waals surface area contributed by atoms with Crippen molar-refractivity contribution in [2.24, 2.45) is 17.8 Å². The van der Waals surface area contributed by atoms with Crippen LogP contribution in [0.1, 0.15) is 61.7 Å². The molecule has 10 heteroatoms. The molecule has 3 aliphatic carbocycles. The van der Waals surface area contributed by atoms with E-state index in [4.69, 9.17) is 10.8 Å². The number of piperidine rings is 1. The third kappa shape index (κ3) is 6.09. The molecular formula is C33H35F2N5O3. The number of carboxylic acids is 1. The highest BCUT2D eigenvalue weighted by atomic mass is 19.1. The van der Waals surface area contributed by atoms with E-state index in [1.54, 1.807) is 18.2 Å². The van der Waals surface area contributed by atoms with E-state index in [0.717, 1.165) is 56.3 Å². The van der Waals surface area contributed by atoms with Gasteiger partial charge >= 0.3 is 5.97 Å². The van der Waals surface area contributed by atoms with Gasteiger partial charge in [-0.1, -0.05) is 25.0 Å². The standard InChI is InChI=1S/C24H21F2N5O.C9H14O2/c25-16-10-17-18(13-28-22(17)19(26)11-16)23-29-20(12-21(27)30-23)14-4-6-15(7-5-14)24(32)31-8-2-1-3-9-31;10-9(11)8-5-6-1-3-7(8)4-2-6/h4-7,10-13,28H,1-3,8-9H2,(H2,27,29,30);6-8H,1-5H2,(H,10,11). The summed E-state index contributed by atoms with van der Waals surface area (Å²) in [6.07, 6.45) is 10.6. The van der Waals surface area contributed by atoms with Crippen molar-refractivity contribution < 1.29 is 23.5 Å². The Hall–Kier alpha value is -4.34. The van der Waals surface area contributed by atoms with Crippen LogP contribution in [0, 0.1) is 29.4 Å². The van der Waals surface area contributed by atoms with Crippen molar-refractivity contribution in [3.05, 3.63) is 65.9 Å². The zero-order valence-corrected chi connectivity index (χ0v) is 23.9. The number of amides is 1. The highest BCUT2D eigenvalue weighted by molar-refractivity contribution is 5.95. The first kappa shape index (κ1) is 28.8. The normalized spacial score (nSPS) is 21.3. The molecule has 2 aromatic heterocycles. The molecule has 4 N–H and O–H groups in total. The zero-order valence-electron chi connectivity index (χ0n) is 23.9. The number of benzene rings is 2. The molecule has 8 rings (SSSR count). The van der Waals surface area contributed by atoms with Crippen LogP contribution < -0.4 is 5.73 Å². The van der Waals surface area contributed by atoms with Crippen LogP contribution in [-0.4, -0.2) is 49.9 Å². The van der Waals surface area contributed by atoms with Gasteiger partial charge in [0.05, 0.1) is 17.1 Å². The Morgan fingerprint density at radius 2 is 1.67 bits per heavy atom. The van der Waals surface area contributed by atoms with Crippen LogP contribution in [0.5, 0.6) is 0 Å². The smallest absolute Gasteiger partial charge is 0.306 e. The van der Waals surface area contributed by atoms with Gasteiger partial charge in [0.1, 0.15) is 17.5 Å². The number of H-pyrrole nitrogens is 1. The first-order valence-corrected chi connectivity index (χ1v) is 15.0. The first-order valence-electron chi connectivity index (χ1n) is 15.0. The number of aromatic nitrogens is 3. The van der Waals surface area contributed by atoms with Crippen molar-refractivity contribution in [3.63, 3.8) is 0 Å². The Balaban J connectivity index is 0.000000250. The highest BCUT2D eigenvalue weighted by Crippen LogP contribution is 2.44. The molecular weight excluding hydrogens is 552 g/mol. The summed E-state index contributed by atoms with van der Waals surface area (Å²) < 4.78 is 27.9. The quantitative estimate of drug-likeness (QED) is 0.245. The fourth-order valence-corrected chi connectivity index (χ4v) is 6.82. The number of fused-ring (bicyclic) bond motifs is 4. The number of rotatable bonds is 4. The minimum Gasteiger partial charge on any atom is -0.481 e. The minimum atomic E-state index is -0.690. The fraction of sp³-hybridized carbons (Fsp3) is 0.394. The number of nitrogens with two attached hydrogens (primary N) is 1. The number of anilines is 1. The third-order valence-corrected chi connectivity index (χ3v) is 9.13. The number of halogens is 2. The molecule has 4 aromatic rings. The molecule has 3 saturated carbocycles. The second-order valence-electron chi connectivity index (χ2n) is 11.9. The van der Waals surface area contributed by atoms with Crippen molar-refractivity contribution >= 4 is 28.6 Å². The Morgan fingerprint density at radius 3 is 2.30 bits per heavy atom. The lowest BCUT2D eigenvalue weighted by Crippen LogP contribution is -2.35. The number of aliphatic carboxylic acids is 1. The van der Waals surface area contributed by atoms with Gasteiger partial charge in [0, 0.05) is 53.5 Å². The van der Waals surface area contributed by atoms with Crippen LogP contribution >= 0.6 is 0 Å². The Bertz CT molecular complexity index is 1640. The molecule has 1 aliphatic heterocycles. The second kappa shape index (κ2) is 12.1. The average Bonchev–Trinajstić information content (AvgIpc) is 3.46. The predicted octanol–water partition coefficient (Wildman–Crippen LogP) is 6.68. The summed E-state index contributed by atoms with van der Waals surface area (Å²) in [6, 6.07) is 10.9. The summed E-state index contributed by atoms with van der Waals surface area (Å²) in [7, 11) is 0. The first-order chi connectivity index (χ1) is 20.8. The molecule has 1 unspecified atom stereocenters. The Kier molecular flexibility index (Phi) is 8.10. The number of hydrogen-bond acceptors (Lipinski definition) is 5. The van der Waals surface area contributed by atoms with E-state index >= 15 is 0 Å². The number of nitrogens with one attached hydrogen (secondary N) is 1. The lowest BCUT2D eigenvalue weighted by molar-refractivity contribution is -0.147. The van der Waals surface area contributed by atoms with Crippen molar-refractivity contribution in [2.75, 3.05) is 18.8 Å². The van der Waals surface area contributed by atoms with Crippen LogP contribution in [-0.2, 0) is 4.79 Å². The van der Waals surface area contributed by atoms with Crippen molar-refractivity contribution in [3.8, 4) is 22.6 Å². The number of carbonyl (C=O) groups is 2. The Morgan fingerprint density at radius 1 is 0.953 bits per heavy atom. The van der Waals surface area contributed by atoms with Gasteiger partial charge in [0.15, 0.2) is 5.82 Å². The number of carbonyl (C=O) groups excluding carboxylic acids is 1. The SMILES string of the molecule is Nc1cc(-c2ccc(C(=O)N3CCCCC3)cc2)nc(-c2c[nH]c3c(F)cc(F)cc23)n1.O=C(O)C1CC2CCC1CC2. The summed E-state index contributed by atoms with van der Waals surface area (Å²) in [5.74, 6) is -0.171. The molecule has 2 bridgehead atoms. The van der Waals surface area contributed by atoms with E-state index in [1.165, 1.54) is 37.9 Å². The third-order valence-electron chi connectivity index (χ3n) is 9.13. The molecule has 43 heavy (non-hydrogen) atoms. The van der Waals surface area contributed by atoms with Gasteiger partial charge in [-0.15, -0.1) is 0 Å². The topological polar surface area (TPSA) is 125 Å². The van der Waals surface area contributed by atoms with E-state index in [1.807, 2.05) is 17.0 Å². The van der Waals surface area contributed by atoms with Gasteiger partial charge in [0.25, 0.3) is 5.91 Å². The largest absolute Gasteiger partial charge is 0.481 e. The van der Waals surface area contributed by atoms with Gasteiger partial charge in [0.2, 0.25) is 0 Å². The van der Waals surface area contributed by atoms with Gasteiger partial charge in [-0.25, -0.2) is 18.7 Å². The molecule has 1 amide bonds. The monoisotopic (exact) mass is 587 g/mol. The van der Waals surface area contributed by atoms with Gasteiger partial charge in [-0.2, -0.15) is 0 Å². The van der Waals surface area contributed by atoms with Crippen molar-refractivity contribution in [1.29, 1.82) is 0 Å².